The largest absolute Gasteiger partial charge is 0.497 e. The predicted molar refractivity (Wildman–Crippen MR) is 104 cm³/mol. The van der Waals surface area contributed by atoms with Gasteiger partial charge in [-0.3, -0.25) is 9.59 Å². The lowest BCUT2D eigenvalue weighted by molar-refractivity contribution is -0.117. The van der Waals surface area contributed by atoms with Crippen molar-refractivity contribution in [2.75, 3.05) is 12.4 Å². The van der Waals surface area contributed by atoms with Gasteiger partial charge in [-0.2, -0.15) is 0 Å². The van der Waals surface area contributed by atoms with Crippen LogP contribution in [0, 0.1) is 5.92 Å². The van der Waals surface area contributed by atoms with Gasteiger partial charge in [-0.05, 0) is 55.0 Å². The van der Waals surface area contributed by atoms with Gasteiger partial charge in [-0.15, -0.1) is 0 Å². The maximum atomic E-state index is 12.7. The van der Waals surface area contributed by atoms with Gasteiger partial charge in [-0.1, -0.05) is 29.8 Å². The molecule has 0 bridgehead atoms. The van der Waals surface area contributed by atoms with E-state index in [4.69, 9.17) is 16.3 Å². The predicted octanol–water partition coefficient (Wildman–Crippen LogP) is 3.98. The Morgan fingerprint density at radius 1 is 1.15 bits per heavy atom. The Bertz CT molecular complexity index is 895. The Morgan fingerprint density at radius 3 is 2.63 bits per heavy atom. The van der Waals surface area contributed by atoms with Crippen LogP contribution in [0.5, 0.6) is 5.75 Å². The van der Waals surface area contributed by atoms with Gasteiger partial charge >= 0.3 is 0 Å². The Labute approximate surface area is 163 Å². The van der Waals surface area contributed by atoms with Gasteiger partial charge in [0.25, 0.3) is 5.91 Å². The monoisotopic (exact) mass is 384 g/mol. The van der Waals surface area contributed by atoms with Crippen LogP contribution >= 0.6 is 11.6 Å². The Kier molecular flexibility index (Phi) is 4.79. The van der Waals surface area contributed by atoms with Crippen molar-refractivity contribution in [3.63, 3.8) is 0 Å². The lowest BCUT2D eigenvalue weighted by Crippen LogP contribution is -2.27. The third-order valence-corrected chi connectivity index (χ3v) is 5.42. The number of anilines is 1. The summed E-state index contributed by atoms with van der Waals surface area (Å²) >= 11 is 6.25. The molecule has 6 heteroatoms. The lowest BCUT2D eigenvalue weighted by Gasteiger charge is -2.13. The number of nitrogens with one attached hydrogen (secondary N) is 2. The van der Waals surface area contributed by atoms with Gasteiger partial charge in [0.1, 0.15) is 5.75 Å². The molecule has 2 aromatic carbocycles. The molecule has 0 heterocycles. The molecule has 0 radical (unpaired) electrons. The summed E-state index contributed by atoms with van der Waals surface area (Å²) in [6, 6.07) is 13.0. The summed E-state index contributed by atoms with van der Waals surface area (Å²) in [5.41, 5.74) is 1.93. The molecule has 0 saturated heterocycles. The first-order chi connectivity index (χ1) is 13.1. The quantitative estimate of drug-likeness (QED) is 0.791. The van der Waals surface area contributed by atoms with E-state index in [0.29, 0.717) is 22.0 Å². The van der Waals surface area contributed by atoms with Gasteiger partial charge in [0.05, 0.1) is 18.4 Å². The van der Waals surface area contributed by atoms with Crippen molar-refractivity contribution in [1.29, 1.82) is 0 Å². The van der Waals surface area contributed by atoms with Crippen LogP contribution in [-0.4, -0.2) is 25.0 Å². The molecule has 2 saturated carbocycles. The summed E-state index contributed by atoms with van der Waals surface area (Å²) in [5, 5.41) is 6.56. The van der Waals surface area contributed by atoms with E-state index in [-0.39, 0.29) is 29.7 Å². The first-order valence-corrected chi connectivity index (χ1v) is 9.49. The fourth-order valence-corrected chi connectivity index (χ4v) is 3.54. The lowest BCUT2D eigenvalue weighted by atomic mass is 10.1. The second-order valence-electron chi connectivity index (χ2n) is 7.12. The maximum absolute atomic E-state index is 12.7. The van der Waals surface area contributed by atoms with E-state index in [0.717, 1.165) is 24.8 Å². The van der Waals surface area contributed by atoms with Crippen LogP contribution in [0.1, 0.15) is 41.1 Å². The highest BCUT2D eigenvalue weighted by atomic mass is 35.5. The topological polar surface area (TPSA) is 67.4 Å². The van der Waals surface area contributed by atoms with Gasteiger partial charge in [-0.25, -0.2) is 0 Å². The summed E-state index contributed by atoms with van der Waals surface area (Å²) < 4.78 is 5.23. The molecule has 2 fully saturated rings. The SMILES string of the molecule is COc1ccc(NC(=O)C2CC2c2ccccc2Cl)c(C(=O)NC2CC2)c1. The van der Waals surface area contributed by atoms with Crippen LogP contribution in [0.15, 0.2) is 42.5 Å². The molecule has 2 aromatic rings. The Morgan fingerprint density at radius 2 is 1.93 bits per heavy atom. The minimum atomic E-state index is -0.190. The van der Waals surface area contributed by atoms with E-state index >= 15 is 0 Å². The van der Waals surface area contributed by atoms with Crippen LogP contribution in [0.25, 0.3) is 0 Å². The van der Waals surface area contributed by atoms with Gasteiger partial charge in [0.2, 0.25) is 5.91 Å². The van der Waals surface area contributed by atoms with Crippen molar-refractivity contribution in [2.24, 2.45) is 5.92 Å². The highest BCUT2D eigenvalue weighted by molar-refractivity contribution is 6.31. The van der Waals surface area contributed by atoms with Gasteiger partial charge < -0.3 is 15.4 Å². The first-order valence-electron chi connectivity index (χ1n) is 9.11. The van der Waals surface area contributed by atoms with Crippen LogP contribution in [0.3, 0.4) is 0 Å². The van der Waals surface area contributed by atoms with Gasteiger partial charge in [0, 0.05) is 17.0 Å². The van der Waals surface area contributed by atoms with E-state index in [1.165, 1.54) is 0 Å². The number of methoxy groups -OCH3 is 1. The summed E-state index contributed by atoms with van der Waals surface area (Å²) in [6.07, 6.45) is 2.76. The zero-order chi connectivity index (χ0) is 19.0. The van der Waals surface area contributed by atoms with E-state index in [1.807, 2.05) is 24.3 Å². The minimum absolute atomic E-state index is 0.0921. The molecule has 2 amide bonds. The number of ether oxygens (including phenoxy) is 1. The standard InChI is InChI=1S/C21H21ClN2O3/c1-27-13-8-9-19(17(10-13)21(26)23-12-6-7-12)24-20(25)16-11-15(16)14-4-2-3-5-18(14)22/h2-5,8-10,12,15-16H,6-7,11H2,1H3,(H,23,26)(H,24,25). The summed E-state index contributed by atoms with van der Waals surface area (Å²) in [7, 11) is 1.55. The van der Waals surface area contributed by atoms with Crippen molar-refractivity contribution >= 4 is 29.1 Å². The van der Waals surface area contributed by atoms with Crippen molar-refractivity contribution in [3.8, 4) is 5.75 Å². The van der Waals surface area contributed by atoms with E-state index < -0.39 is 0 Å². The summed E-state index contributed by atoms with van der Waals surface area (Å²) in [5.74, 6) is 0.289. The third-order valence-electron chi connectivity index (χ3n) is 5.07. The van der Waals surface area contributed by atoms with E-state index in [1.54, 1.807) is 25.3 Å². The Balaban J connectivity index is 1.49. The number of benzene rings is 2. The van der Waals surface area contributed by atoms with Crippen molar-refractivity contribution in [1.82, 2.24) is 5.32 Å². The third kappa shape index (κ3) is 3.93. The zero-order valence-corrected chi connectivity index (χ0v) is 15.8. The molecular weight excluding hydrogens is 364 g/mol. The second-order valence-corrected chi connectivity index (χ2v) is 7.53. The van der Waals surface area contributed by atoms with Crippen molar-refractivity contribution in [3.05, 3.63) is 58.6 Å². The highest BCUT2D eigenvalue weighted by Crippen LogP contribution is 2.50. The molecule has 2 N–H and O–H groups in total. The molecule has 2 unspecified atom stereocenters. The zero-order valence-electron chi connectivity index (χ0n) is 15.0. The normalized spacial score (nSPS) is 20.7. The van der Waals surface area contributed by atoms with Crippen LogP contribution < -0.4 is 15.4 Å². The smallest absolute Gasteiger partial charge is 0.253 e. The molecule has 27 heavy (non-hydrogen) atoms. The maximum Gasteiger partial charge on any atom is 0.253 e. The number of carbonyl (C=O) groups is 2. The number of hydrogen-bond acceptors (Lipinski definition) is 3. The van der Waals surface area contributed by atoms with Crippen molar-refractivity contribution < 1.29 is 14.3 Å². The van der Waals surface area contributed by atoms with E-state index in [9.17, 15) is 9.59 Å². The van der Waals surface area contributed by atoms with Crippen LogP contribution in [0.4, 0.5) is 5.69 Å². The molecular formula is C21H21ClN2O3. The molecule has 2 aliphatic rings. The molecule has 4 rings (SSSR count). The first kappa shape index (κ1) is 17.9. The van der Waals surface area contributed by atoms with Crippen LogP contribution in [-0.2, 0) is 4.79 Å². The molecule has 5 nitrogen and oxygen atoms in total. The van der Waals surface area contributed by atoms with E-state index in [2.05, 4.69) is 10.6 Å². The molecule has 2 aliphatic carbocycles. The molecule has 0 spiro atoms. The fourth-order valence-electron chi connectivity index (χ4n) is 3.27. The summed E-state index contributed by atoms with van der Waals surface area (Å²) in [6.45, 7) is 0. The Hall–Kier alpha value is -2.53. The minimum Gasteiger partial charge on any atom is -0.497 e. The average Bonchev–Trinajstić information content (AvgIpc) is 3.57. The highest BCUT2D eigenvalue weighted by Gasteiger charge is 2.45. The number of rotatable bonds is 6. The number of halogens is 1. The average molecular weight is 385 g/mol. The van der Waals surface area contributed by atoms with Crippen molar-refractivity contribution in [2.45, 2.75) is 31.2 Å². The van der Waals surface area contributed by atoms with Gasteiger partial charge in [0.15, 0.2) is 0 Å². The molecule has 140 valence electrons. The number of hydrogen-bond donors (Lipinski definition) is 2. The fraction of sp³-hybridized carbons (Fsp3) is 0.333. The number of amides is 2. The number of carbonyl (C=O) groups excluding carboxylic acids is 2. The molecule has 0 aliphatic heterocycles. The molecule has 2 atom stereocenters. The van der Waals surface area contributed by atoms with Crippen LogP contribution in [0.2, 0.25) is 5.02 Å². The summed E-state index contributed by atoms with van der Waals surface area (Å²) in [4.78, 5) is 25.3. The molecule has 0 aromatic heterocycles. The second kappa shape index (κ2) is 7.24.